The van der Waals surface area contributed by atoms with Crippen LogP contribution in [0.2, 0.25) is 0 Å². The number of ether oxygens (including phenoxy) is 2. The summed E-state index contributed by atoms with van der Waals surface area (Å²) in [6, 6.07) is 16.1. The van der Waals surface area contributed by atoms with Crippen molar-refractivity contribution in [1.82, 2.24) is 19.4 Å². The normalized spacial score (nSPS) is 13.5. The number of rotatable bonds is 12. The molecule has 296 valence electrons. The minimum Gasteiger partial charge on any atom is -0.496 e. The molecule has 0 bridgehead atoms. The van der Waals surface area contributed by atoms with Gasteiger partial charge in [-0.05, 0) is 86.2 Å². The predicted molar refractivity (Wildman–Crippen MR) is 213 cm³/mol. The molecule has 0 aliphatic carbocycles. The third kappa shape index (κ3) is 8.50. The van der Waals surface area contributed by atoms with E-state index in [4.69, 9.17) is 19.4 Å². The van der Waals surface area contributed by atoms with Gasteiger partial charge in [0.2, 0.25) is 5.95 Å². The van der Waals surface area contributed by atoms with Crippen molar-refractivity contribution >= 4 is 44.4 Å². The van der Waals surface area contributed by atoms with E-state index in [1.165, 1.54) is 49.9 Å². The minimum absolute atomic E-state index is 0.0286. The van der Waals surface area contributed by atoms with E-state index in [2.05, 4.69) is 20.5 Å². The third-order valence-electron chi connectivity index (χ3n) is 10.0. The number of benzene rings is 3. The molecule has 1 aliphatic rings. The van der Waals surface area contributed by atoms with Crippen molar-refractivity contribution in [2.75, 3.05) is 54.9 Å². The molecule has 1 saturated heterocycles. The van der Waals surface area contributed by atoms with Gasteiger partial charge < -0.3 is 25.0 Å². The zero-order valence-corrected chi connectivity index (χ0v) is 32.5. The number of carbonyl (C=O) groups excluding carboxylic acids is 1. The Labute approximate surface area is 327 Å². The lowest BCUT2D eigenvalue weighted by atomic mass is 9.93. The number of aryl methyl sites for hydroxylation is 1. The maximum atomic E-state index is 14.5. The van der Waals surface area contributed by atoms with Crippen LogP contribution in [0.5, 0.6) is 11.5 Å². The number of methoxy groups -OCH3 is 2. The molecule has 4 heterocycles. The molecular weight excluding hydrogens is 760 g/mol. The molecular formula is C41H40F3N7O5S. The van der Waals surface area contributed by atoms with E-state index in [9.17, 15) is 26.4 Å². The van der Waals surface area contributed by atoms with Gasteiger partial charge in [-0.25, -0.2) is 36.5 Å². The van der Waals surface area contributed by atoms with Gasteiger partial charge in [0.25, 0.3) is 5.91 Å². The van der Waals surface area contributed by atoms with Gasteiger partial charge in [0.05, 0.1) is 48.3 Å². The van der Waals surface area contributed by atoms with Crippen LogP contribution in [-0.4, -0.2) is 73.0 Å². The van der Waals surface area contributed by atoms with Crippen molar-refractivity contribution in [3.05, 3.63) is 108 Å². The molecule has 1 amide bonds. The van der Waals surface area contributed by atoms with Crippen molar-refractivity contribution in [1.29, 1.82) is 0 Å². The fraction of sp³-hybridized carbons (Fsp3) is 0.268. The van der Waals surface area contributed by atoms with Crippen molar-refractivity contribution in [2.45, 2.75) is 26.2 Å². The van der Waals surface area contributed by atoms with Crippen LogP contribution in [-0.2, 0) is 9.84 Å². The number of anilines is 4. The first kappa shape index (κ1) is 39.1. The Bertz CT molecular complexity index is 2570. The summed E-state index contributed by atoms with van der Waals surface area (Å²) >= 11 is 0. The van der Waals surface area contributed by atoms with Crippen LogP contribution in [0.15, 0.2) is 79.1 Å². The number of carbonyl (C=O) groups is 1. The lowest BCUT2D eigenvalue weighted by Gasteiger charge is -2.35. The Kier molecular flexibility index (Phi) is 11.1. The van der Waals surface area contributed by atoms with Crippen LogP contribution in [0.1, 0.15) is 35.2 Å². The summed E-state index contributed by atoms with van der Waals surface area (Å²) < 4.78 is 79.7. The minimum atomic E-state index is -3.00. The number of nitrogens with one attached hydrogen (secondary N) is 2. The fourth-order valence-corrected chi connectivity index (χ4v) is 7.86. The zero-order valence-electron chi connectivity index (χ0n) is 31.6. The number of aromatic nitrogens is 4. The molecule has 2 N–H and O–H groups in total. The summed E-state index contributed by atoms with van der Waals surface area (Å²) in [6.07, 6.45) is 6.82. The molecule has 1 aliphatic heterocycles. The number of nitrogens with zero attached hydrogens (tertiary/aromatic N) is 5. The van der Waals surface area contributed by atoms with Gasteiger partial charge in [-0.2, -0.15) is 0 Å². The molecule has 0 radical (unpaired) electrons. The quantitative estimate of drug-likeness (QED) is 0.126. The number of imidazole rings is 1. The molecule has 7 rings (SSSR count). The Morgan fingerprint density at radius 3 is 2.37 bits per heavy atom. The van der Waals surface area contributed by atoms with Crippen molar-refractivity contribution in [3.63, 3.8) is 0 Å². The smallest absolute Gasteiger partial charge is 0.259 e. The van der Waals surface area contributed by atoms with Crippen molar-refractivity contribution in [2.24, 2.45) is 5.92 Å². The summed E-state index contributed by atoms with van der Waals surface area (Å²) in [5.74, 6) is -1.73. The molecule has 0 spiro atoms. The highest BCUT2D eigenvalue weighted by molar-refractivity contribution is 7.90. The number of pyridine rings is 1. The lowest BCUT2D eigenvalue weighted by molar-refractivity contribution is 0.102. The number of sulfone groups is 1. The molecule has 6 aromatic rings. The maximum Gasteiger partial charge on any atom is 0.259 e. The van der Waals surface area contributed by atoms with Crippen LogP contribution in [0.4, 0.5) is 36.2 Å². The van der Waals surface area contributed by atoms with Gasteiger partial charge in [0.15, 0.2) is 0 Å². The van der Waals surface area contributed by atoms with Gasteiger partial charge in [0.1, 0.15) is 50.1 Å². The molecule has 57 heavy (non-hydrogen) atoms. The van der Waals surface area contributed by atoms with Crippen LogP contribution in [0.25, 0.3) is 28.3 Å². The van der Waals surface area contributed by atoms with Gasteiger partial charge in [-0.3, -0.25) is 9.20 Å². The molecule has 0 saturated carbocycles. The standard InChI is InChI=1S/C41H40F3N7O5S/c1-24-20-32(35(56-3)23-33(24)50-16-11-25(12-17-50)14-19-57(4,53)54)47-41-45-15-10-31(46-41)39-37(48-36-22-27(42)13-18-51(36)39)26-8-9-34(55-2)28(21-26)40(52)49-38-29(43)6-5-7-30(38)44/h5-10,13,15,18,20-23,25H,11-12,14,16-17,19H2,1-4H3,(H,49,52)(H,45,46,47). The number of hydrogen-bond acceptors (Lipinski definition) is 10. The number of amides is 1. The molecule has 16 heteroatoms. The van der Waals surface area contributed by atoms with Gasteiger partial charge >= 0.3 is 0 Å². The maximum absolute atomic E-state index is 14.5. The lowest BCUT2D eigenvalue weighted by Crippen LogP contribution is -2.34. The first-order valence-corrected chi connectivity index (χ1v) is 20.2. The fourth-order valence-electron chi connectivity index (χ4n) is 7.10. The molecule has 0 unspecified atom stereocenters. The summed E-state index contributed by atoms with van der Waals surface area (Å²) in [5, 5.41) is 5.58. The van der Waals surface area contributed by atoms with Crippen LogP contribution < -0.4 is 25.0 Å². The summed E-state index contributed by atoms with van der Waals surface area (Å²) in [6.45, 7) is 3.60. The van der Waals surface area contributed by atoms with E-state index in [1.54, 1.807) is 29.8 Å². The highest BCUT2D eigenvalue weighted by Gasteiger charge is 2.25. The zero-order chi connectivity index (χ0) is 40.4. The van der Waals surface area contributed by atoms with E-state index in [1.807, 2.05) is 19.1 Å². The number of halogens is 3. The van der Waals surface area contributed by atoms with E-state index >= 15 is 0 Å². The first-order valence-electron chi connectivity index (χ1n) is 18.1. The number of piperidine rings is 1. The van der Waals surface area contributed by atoms with E-state index in [0.29, 0.717) is 46.4 Å². The molecule has 0 atom stereocenters. The third-order valence-corrected chi connectivity index (χ3v) is 11.0. The molecule has 3 aromatic heterocycles. The van der Waals surface area contributed by atoms with E-state index in [0.717, 1.165) is 49.3 Å². The SMILES string of the molecule is COc1cc(N2CCC(CCS(C)(=O)=O)CC2)c(C)cc1Nc1nccc(-c2c(-c3ccc(OC)c(C(=O)Nc4c(F)cccc4F)c3)nc3cc(F)ccn23)n1. The Morgan fingerprint density at radius 2 is 1.67 bits per heavy atom. The largest absolute Gasteiger partial charge is 0.496 e. The van der Waals surface area contributed by atoms with Gasteiger partial charge in [0, 0.05) is 55.1 Å². The Hall–Kier alpha value is -6.16. The monoisotopic (exact) mass is 799 g/mol. The number of hydrogen-bond donors (Lipinski definition) is 2. The van der Waals surface area contributed by atoms with Crippen LogP contribution in [0.3, 0.4) is 0 Å². The van der Waals surface area contributed by atoms with E-state index < -0.39 is 38.9 Å². The highest BCUT2D eigenvalue weighted by atomic mass is 32.2. The second kappa shape index (κ2) is 16.1. The topological polar surface area (TPSA) is 140 Å². The Balaban J connectivity index is 1.20. The summed E-state index contributed by atoms with van der Waals surface area (Å²) in [4.78, 5) is 29.8. The second-order valence-corrected chi connectivity index (χ2v) is 16.2. The summed E-state index contributed by atoms with van der Waals surface area (Å²) in [7, 11) is -0.0562. The van der Waals surface area contributed by atoms with Crippen LogP contribution in [0, 0.1) is 30.3 Å². The average Bonchev–Trinajstić information content (AvgIpc) is 3.57. The van der Waals surface area contributed by atoms with Gasteiger partial charge in [-0.15, -0.1) is 0 Å². The number of fused-ring (bicyclic) bond motifs is 1. The predicted octanol–water partition coefficient (Wildman–Crippen LogP) is 7.85. The van der Waals surface area contributed by atoms with E-state index in [-0.39, 0.29) is 28.7 Å². The Morgan fingerprint density at radius 1 is 0.930 bits per heavy atom. The van der Waals surface area contributed by atoms with Crippen molar-refractivity contribution < 1.29 is 35.9 Å². The van der Waals surface area contributed by atoms with Gasteiger partial charge in [-0.1, -0.05) is 6.07 Å². The average molecular weight is 800 g/mol. The summed E-state index contributed by atoms with van der Waals surface area (Å²) in [5.41, 5.74) is 3.85. The molecule has 12 nitrogen and oxygen atoms in total. The van der Waals surface area contributed by atoms with Crippen LogP contribution >= 0.6 is 0 Å². The second-order valence-electron chi connectivity index (χ2n) is 13.9. The van der Waals surface area contributed by atoms with Crippen molar-refractivity contribution in [3.8, 4) is 34.1 Å². The highest BCUT2D eigenvalue weighted by Crippen LogP contribution is 2.38. The number of para-hydroxylation sites is 1. The first-order chi connectivity index (χ1) is 27.3. The molecule has 1 fully saturated rings. The molecule has 3 aromatic carbocycles.